The van der Waals surface area contributed by atoms with Gasteiger partial charge in [0.15, 0.2) is 0 Å². The number of hydrogen-bond acceptors (Lipinski definition) is 0. The first-order chi connectivity index (χ1) is 0. The molecule has 2 nitrogen and oxygen atoms in total. The molecular formula is H4N2Sr3. The summed E-state index contributed by atoms with van der Waals surface area (Å²) in [5.41, 5.74) is 0. The molecule has 20 valence electrons. The van der Waals surface area contributed by atoms with Gasteiger partial charge in [0.2, 0.25) is 0 Å². The van der Waals surface area contributed by atoms with Gasteiger partial charge in [-0.3, -0.25) is 0 Å². The van der Waals surface area contributed by atoms with Crippen LogP contribution < -0.4 is 0 Å². The maximum absolute atomic E-state index is 0. The summed E-state index contributed by atoms with van der Waals surface area (Å²) >= 11 is 0. The van der Waals surface area contributed by atoms with E-state index >= 15 is 0 Å². The van der Waals surface area contributed by atoms with E-state index < -0.39 is 0 Å². The summed E-state index contributed by atoms with van der Waals surface area (Å²) in [5, 5.41) is 0. The Balaban J connectivity index is 0. The molecule has 0 aromatic heterocycles. The topological polar surface area (TPSA) is 67.0 Å². The monoisotopic (exact) mass is 296 g/mol. The molecule has 0 aliphatic carbocycles. The molecule has 0 atom stereocenters. The molecule has 0 bridgehead atoms. The molecule has 0 aromatic carbocycles. The van der Waals surface area contributed by atoms with E-state index in [2.05, 4.69) is 0 Å². The number of nitrogens with two attached hydrogens (primary N) is 2. The summed E-state index contributed by atoms with van der Waals surface area (Å²) < 4.78 is 0. The second-order valence-corrected chi connectivity index (χ2v) is 0. The Hall–Kier alpha value is 4.36. The Kier molecular flexibility index (Phi) is 164. The second-order valence-electron chi connectivity index (χ2n) is 0. The van der Waals surface area contributed by atoms with Gasteiger partial charge in [-0.2, -0.15) is 0 Å². The number of rotatable bonds is 0. The molecule has 5 heavy (non-hydrogen) atoms. The van der Waals surface area contributed by atoms with Crippen molar-refractivity contribution in [3.63, 3.8) is 0 Å². The van der Waals surface area contributed by atoms with E-state index in [1.165, 1.54) is 0 Å². The maximum Gasteiger partial charge on any atom is 2.00 e. The number of hydrogen-bond donors (Lipinski definition) is 0. The van der Waals surface area contributed by atoms with Crippen molar-refractivity contribution in [1.29, 1.82) is 0 Å². The summed E-state index contributed by atoms with van der Waals surface area (Å²) in [6.45, 7) is 0. The molecule has 0 unspecified atom stereocenters. The third-order valence-electron chi connectivity index (χ3n) is 0. The van der Waals surface area contributed by atoms with Crippen LogP contribution in [0, 0.1) is 0 Å². The van der Waals surface area contributed by atoms with Crippen molar-refractivity contribution in [3.8, 4) is 0 Å². The minimum absolute atomic E-state index is 0. The second kappa shape index (κ2) is 23.8. The van der Waals surface area contributed by atoms with Gasteiger partial charge in [-0.15, -0.1) is 0 Å². The van der Waals surface area contributed by atoms with Gasteiger partial charge in [0, 0.05) is 91.0 Å². The molecule has 5 heteroatoms. The van der Waals surface area contributed by atoms with Crippen LogP contribution in [0.3, 0.4) is 0 Å². The van der Waals surface area contributed by atoms with E-state index in [4.69, 9.17) is 0 Å². The third kappa shape index (κ3) is 17.8. The van der Waals surface area contributed by atoms with Crippen molar-refractivity contribution < 1.29 is 0 Å². The first kappa shape index (κ1) is 34.4. The van der Waals surface area contributed by atoms with Crippen LogP contribution in [0.15, 0.2) is 0 Å². The van der Waals surface area contributed by atoms with Crippen molar-refractivity contribution in [3.05, 3.63) is 12.3 Å². The van der Waals surface area contributed by atoms with Crippen LogP contribution in [-0.4, -0.2) is 136 Å². The molecule has 0 rings (SSSR count). The minimum Gasteiger partial charge on any atom is -0.693 e. The van der Waals surface area contributed by atoms with Crippen LogP contribution in [-0.2, 0) is 0 Å². The first-order valence-electron chi connectivity index (χ1n) is 0. The average molecular weight is 295 g/mol. The first-order valence-corrected chi connectivity index (χ1v) is 0. The van der Waals surface area contributed by atoms with E-state index in [-0.39, 0.29) is 149 Å². The van der Waals surface area contributed by atoms with E-state index in [9.17, 15) is 0 Å². The Labute approximate surface area is 144 Å². The van der Waals surface area contributed by atoms with Gasteiger partial charge in [0.25, 0.3) is 0 Å². The minimum atomic E-state index is 0. The van der Waals surface area contributed by atoms with Crippen LogP contribution in [0.25, 0.3) is 12.3 Å². The third-order valence-corrected chi connectivity index (χ3v) is 0. The smallest absolute Gasteiger partial charge is 0.693 e. The normalized spacial score (nSPS) is 0. The maximum atomic E-state index is 0. The van der Waals surface area contributed by atoms with Gasteiger partial charge in [0.05, 0.1) is 0 Å². The quantitative estimate of drug-likeness (QED) is 0.577. The van der Waals surface area contributed by atoms with Crippen LogP contribution in [0.5, 0.6) is 0 Å². The van der Waals surface area contributed by atoms with Crippen molar-refractivity contribution in [2.45, 2.75) is 0 Å². The average Bonchev–Trinajstić information content (AvgIpc) is 0. The van der Waals surface area contributed by atoms with Crippen LogP contribution in [0.2, 0.25) is 0 Å². The van der Waals surface area contributed by atoms with Gasteiger partial charge < -0.3 is 12.3 Å². The van der Waals surface area contributed by atoms with Gasteiger partial charge in [-0.1, -0.05) is 0 Å². The van der Waals surface area contributed by atoms with Crippen molar-refractivity contribution in [2.24, 2.45) is 0 Å². The molecule has 0 fully saturated rings. The Morgan fingerprint density at radius 1 is 0.600 bits per heavy atom. The van der Waals surface area contributed by atoms with Crippen molar-refractivity contribution in [2.75, 3.05) is 0 Å². The van der Waals surface area contributed by atoms with Gasteiger partial charge in [-0.25, -0.2) is 0 Å². The molecule has 0 heterocycles. The van der Waals surface area contributed by atoms with E-state index in [1.807, 2.05) is 0 Å². The van der Waals surface area contributed by atoms with Gasteiger partial charge in [-0.05, 0) is 0 Å². The molecule has 0 amide bonds. The molecular weight excluding hydrogens is 291 g/mol. The van der Waals surface area contributed by atoms with E-state index in [0.29, 0.717) is 0 Å². The SMILES string of the molecule is [NH2-].[NH2-].[Sr+2].[Sr].[Sr]. The van der Waals surface area contributed by atoms with Crippen molar-refractivity contribution >= 4 is 136 Å². The van der Waals surface area contributed by atoms with E-state index in [0.717, 1.165) is 0 Å². The van der Waals surface area contributed by atoms with Crippen LogP contribution in [0.1, 0.15) is 0 Å². The zero-order valence-corrected chi connectivity index (χ0v) is 13.7. The largest absolute Gasteiger partial charge is 2.00 e. The molecule has 0 saturated carbocycles. The summed E-state index contributed by atoms with van der Waals surface area (Å²) in [6, 6.07) is 0. The van der Waals surface area contributed by atoms with E-state index in [1.54, 1.807) is 0 Å². The Morgan fingerprint density at radius 2 is 0.600 bits per heavy atom. The zero-order valence-electron chi connectivity index (χ0n) is 3.28. The molecule has 0 spiro atoms. The Morgan fingerprint density at radius 3 is 0.600 bits per heavy atom. The fourth-order valence-electron chi connectivity index (χ4n) is 0. The fraction of sp³-hybridized carbons (Fsp3) is 0. The molecule has 0 saturated heterocycles. The zero-order chi connectivity index (χ0) is 0. The molecule has 0 aliphatic rings. The molecule has 0 aromatic rings. The van der Waals surface area contributed by atoms with Crippen LogP contribution >= 0.6 is 0 Å². The fourth-order valence-corrected chi connectivity index (χ4v) is 0. The Bertz CT molecular complexity index is 4.85. The van der Waals surface area contributed by atoms with Crippen LogP contribution in [0.4, 0.5) is 0 Å². The summed E-state index contributed by atoms with van der Waals surface area (Å²) in [6.07, 6.45) is 0. The molecule has 4 radical (unpaired) electrons. The van der Waals surface area contributed by atoms with Crippen molar-refractivity contribution in [1.82, 2.24) is 0 Å². The summed E-state index contributed by atoms with van der Waals surface area (Å²) in [4.78, 5) is 0. The molecule has 0 aliphatic heterocycles. The molecule has 4 N–H and O–H groups in total. The predicted octanol–water partition coefficient (Wildman–Crippen LogP) is 0.292. The van der Waals surface area contributed by atoms with Gasteiger partial charge in [0.1, 0.15) is 0 Å². The standard InChI is InChI=1S/2H2N.3Sr/h2*1H2;;;/q2*-1;;;+2. The summed E-state index contributed by atoms with van der Waals surface area (Å²) in [5.74, 6) is 0. The summed E-state index contributed by atoms with van der Waals surface area (Å²) in [7, 11) is 0. The predicted molar refractivity (Wildman–Crippen MR) is 27.8 cm³/mol. The van der Waals surface area contributed by atoms with Gasteiger partial charge >= 0.3 is 45.5 Å².